The fourth-order valence-corrected chi connectivity index (χ4v) is 3.97. The van der Waals surface area contributed by atoms with Crippen molar-refractivity contribution in [3.8, 4) is 11.4 Å². The summed E-state index contributed by atoms with van der Waals surface area (Å²) in [6.45, 7) is 1.80. The van der Waals surface area contributed by atoms with Gasteiger partial charge in [0, 0.05) is 18.7 Å². The van der Waals surface area contributed by atoms with Gasteiger partial charge >= 0.3 is 0 Å². The highest BCUT2D eigenvalue weighted by Crippen LogP contribution is 2.48. The van der Waals surface area contributed by atoms with E-state index in [0.29, 0.717) is 17.6 Å². The van der Waals surface area contributed by atoms with Crippen molar-refractivity contribution in [2.45, 2.75) is 30.0 Å². The van der Waals surface area contributed by atoms with E-state index in [9.17, 15) is 0 Å². The van der Waals surface area contributed by atoms with Crippen LogP contribution in [-0.2, 0) is 0 Å². The number of rotatable bonds is 3. The van der Waals surface area contributed by atoms with Gasteiger partial charge in [0.05, 0.1) is 4.70 Å². The van der Waals surface area contributed by atoms with Crippen molar-refractivity contribution >= 4 is 33.4 Å². The smallest absolute Gasteiger partial charge is 0.223 e. The van der Waals surface area contributed by atoms with Crippen molar-refractivity contribution in [1.29, 1.82) is 0 Å². The van der Waals surface area contributed by atoms with E-state index < -0.39 is 0 Å². The third kappa shape index (κ3) is 1.92. The first-order valence-electron chi connectivity index (χ1n) is 6.40. The molecule has 1 aliphatic rings. The number of aromatic nitrogens is 4. The molecule has 0 saturated heterocycles. The van der Waals surface area contributed by atoms with Crippen molar-refractivity contribution in [2.75, 3.05) is 6.26 Å². The molecule has 1 fully saturated rings. The Kier molecular flexibility index (Phi) is 2.78. The number of hydrogen-bond acceptors (Lipinski definition) is 7. The van der Waals surface area contributed by atoms with E-state index in [4.69, 9.17) is 4.52 Å². The molecular formula is C13H12N4OS2. The zero-order valence-electron chi connectivity index (χ0n) is 11.1. The summed E-state index contributed by atoms with van der Waals surface area (Å²) in [4.78, 5) is 13.4. The zero-order valence-corrected chi connectivity index (χ0v) is 12.7. The van der Waals surface area contributed by atoms with Crippen molar-refractivity contribution in [3.63, 3.8) is 0 Å². The largest absolute Gasteiger partial charge is 0.339 e. The molecule has 0 aromatic carbocycles. The zero-order chi connectivity index (χ0) is 13.7. The molecule has 3 aromatic rings. The van der Waals surface area contributed by atoms with Crippen LogP contribution in [0.5, 0.6) is 0 Å². The molecule has 0 amide bonds. The van der Waals surface area contributed by atoms with Crippen LogP contribution in [0.1, 0.15) is 30.2 Å². The average Bonchev–Trinajstić information content (AvgIpc) is 3.05. The van der Waals surface area contributed by atoms with Gasteiger partial charge in [0.25, 0.3) is 0 Å². The highest BCUT2D eigenvalue weighted by atomic mass is 32.2. The lowest BCUT2D eigenvalue weighted by atomic mass is 10.1. The number of nitrogens with zero attached hydrogens (tertiary/aromatic N) is 4. The SMILES string of the molecule is CSc1nc2ncc(-c3noc(C)n3)c(C3CC3)c2s1. The highest BCUT2D eigenvalue weighted by Gasteiger charge is 2.31. The predicted octanol–water partition coefficient (Wildman–Crippen LogP) is 3.65. The topological polar surface area (TPSA) is 64.7 Å². The Hall–Kier alpha value is -1.47. The van der Waals surface area contributed by atoms with E-state index in [-0.39, 0.29) is 0 Å². The van der Waals surface area contributed by atoms with E-state index in [1.165, 1.54) is 23.1 Å². The van der Waals surface area contributed by atoms with Crippen LogP contribution in [0.3, 0.4) is 0 Å². The molecule has 20 heavy (non-hydrogen) atoms. The standard InChI is InChI=1S/C13H12N4OS2/c1-6-15-11(17-18-6)8-5-14-12-10(9(8)7-3-4-7)20-13(16-12)19-2/h5,7H,3-4H2,1-2H3. The third-order valence-electron chi connectivity index (χ3n) is 3.37. The summed E-state index contributed by atoms with van der Waals surface area (Å²) >= 11 is 3.37. The van der Waals surface area contributed by atoms with Gasteiger partial charge in [-0.1, -0.05) is 16.9 Å². The van der Waals surface area contributed by atoms with Gasteiger partial charge in [-0.3, -0.25) is 0 Å². The first kappa shape index (κ1) is 12.3. The van der Waals surface area contributed by atoms with E-state index in [0.717, 1.165) is 15.6 Å². The molecule has 1 saturated carbocycles. The Balaban J connectivity index is 1.98. The fraction of sp³-hybridized carbons (Fsp3) is 0.385. The fourth-order valence-electron chi connectivity index (χ4n) is 2.32. The summed E-state index contributed by atoms with van der Waals surface area (Å²) in [6.07, 6.45) is 6.31. The van der Waals surface area contributed by atoms with Gasteiger partial charge in [0.2, 0.25) is 11.7 Å². The Labute approximate surface area is 123 Å². The minimum atomic E-state index is 0.580. The molecule has 0 N–H and O–H groups in total. The molecular weight excluding hydrogens is 292 g/mol. The van der Waals surface area contributed by atoms with Crippen molar-refractivity contribution < 1.29 is 4.52 Å². The molecule has 3 heterocycles. The van der Waals surface area contributed by atoms with Crippen LogP contribution in [-0.4, -0.2) is 26.4 Å². The average molecular weight is 304 g/mol. The Morgan fingerprint density at radius 2 is 2.20 bits per heavy atom. The molecule has 5 nitrogen and oxygen atoms in total. The van der Waals surface area contributed by atoms with Gasteiger partial charge in [0.1, 0.15) is 0 Å². The lowest BCUT2D eigenvalue weighted by molar-refractivity contribution is 0.394. The Morgan fingerprint density at radius 1 is 1.35 bits per heavy atom. The van der Waals surface area contributed by atoms with Crippen LogP contribution in [0.2, 0.25) is 0 Å². The Bertz CT molecular complexity index is 791. The molecule has 1 aliphatic carbocycles. The van der Waals surface area contributed by atoms with Crippen LogP contribution in [0, 0.1) is 6.92 Å². The molecule has 0 bridgehead atoms. The highest BCUT2D eigenvalue weighted by molar-refractivity contribution is 8.00. The van der Waals surface area contributed by atoms with E-state index in [1.807, 2.05) is 12.5 Å². The second-order valence-electron chi connectivity index (χ2n) is 4.83. The lowest BCUT2D eigenvalue weighted by Gasteiger charge is -2.04. The first-order chi connectivity index (χ1) is 9.76. The van der Waals surface area contributed by atoms with Gasteiger partial charge in [-0.15, -0.1) is 11.3 Å². The molecule has 3 aromatic heterocycles. The van der Waals surface area contributed by atoms with Gasteiger partial charge in [-0.2, -0.15) is 4.98 Å². The van der Waals surface area contributed by atoms with Crippen LogP contribution >= 0.6 is 23.1 Å². The predicted molar refractivity (Wildman–Crippen MR) is 79.2 cm³/mol. The number of fused-ring (bicyclic) bond motifs is 1. The minimum Gasteiger partial charge on any atom is -0.339 e. The number of thioether (sulfide) groups is 1. The molecule has 4 rings (SSSR count). The first-order valence-corrected chi connectivity index (χ1v) is 8.44. The van der Waals surface area contributed by atoms with Gasteiger partial charge in [0.15, 0.2) is 9.99 Å². The van der Waals surface area contributed by atoms with Crippen molar-refractivity contribution in [2.24, 2.45) is 0 Å². The van der Waals surface area contributed by atoms with Gasteiger partial charge < -0.3 is 4.52 Å². The molecule has 0 spiro atoms. The van der Waals surface area contributed by atoms with Crippen LogP contribution in [0.4, 0.5) is 0 Å². The molecule has 0 atom stereocenters. The summed E-state index contributed by atoms with van der Waals surface area (Å²) in [5.74, 6) is 1.80. The van der Waals surface area contributed by atoms with Gasteiger partial charge in [-0.25, -0.2) is 9.97 Å². The summed E-state index contributed by atoms with van der Waals surface area (Å²) in [5, 5.41) is 4.04. The number of aryl methyl sites for hydroxylation is 1. The molecule has 0 radical (unpaired) electrons. The lowest BCUT2D eigenvalue weighted by Crippen LogP contribution is -1.92. The summed E-state index contributed by atoms with van der Waals surface area (Å²) in [7, 11) is 0. The summed E-state index contributed by atoms with van der Waals surface area (Å²) in [6, 6.07) is 0. The normalized spacial score (nSPS) is 15.1. The second-order valence-corrected chi connectivity index (χ2v) is 6.89. The third-order valence-corrected chi connectivity index (χ3v) is 5.43. The number of thiazole rings is 1. The molecule has 7 heteroatoms. The van der Waals surface area contributed by atoms with Crippen molar-refractivity contribution in [1.82, 2.24) is 20.1 Å². The van der Waals surface area contributed by atoms with Crippen LogP contribution in [0.25, 0.3) is 21.7 Å². The van der Waals surface area contributed by atoms with Gasteiger partial charge in [-0.05, 0) is 30.6 Å². The monoisotopic (exact) mass is 304 g/mol. The van der Waals surface area contributed by atoms with E-state index in [2.05, 4.69) is 20.1 Å². The van der Waals surface area contributed by atoms with Crippen LogP contribution in [0.15, 0.2) is 15.1 Å². The molecule has 0 aliphatic heterocycles. The molecule has 102 valence electrons. The van der Waals surface area contributed by atoms with E-state index >= 15 is 0 Å². The summed E-state index contributed by atoms with van der Waals surface area (Å²) in [5.41, 5.74) is 3.13. The number of hydrogen-bond donors (Lipinski definition) is 0. The quantitative estimate of drug-likeness (QED) is 0.688. The maximum absolute atomic E-state index is 5.11. The van der Waals surface area contributed by atoms with E-state index in [1.54, 1.807) is 30.0 Å². The minimum absolute atomic E-state index is 0.580. The van der Waals surface area contributed by atoms with Crippen molar-refractivity contribution in [3.05, 3.63) is 17.7 Å². The summed E-state index contributed by atoms with van der Waals surface area (Å²) < 4.78 is 7.34. The van der Waals surface area contributed by atoms with Crippen LogP contribution < -0.4 is 0 Å². The maximum Gasteiger partial charge on any atom is 0.223 e. The number of pyridine rings is 1. The maximum atomic E-state index is 5.11. The Morgan fingerprint density at radius 3 is 2.85 bits per heavy atom. The molecule has 0 unspecified atom stereocenters. The second kappa shape index (κ2) is 4.53.